The molecular formula is C16H24O4. The van der Waals surface area contributed by atoms with Crippen LogP contribution in [-0.2, 0) is 15.9 Å². The maximum absolute atomic E-state index is 12.1. The van der Waals surface area contributed by atoms with Crippen molar-refractivity contribution in [3.8, 4) is 5.75 Å². The second-order valence-electron chi connectivity index (χ2n) is 5.09. The molecule has 0 spiro atoms. The summed E-state index contributed by atoms with van der Waals surface area (Å²) in [5.74, 6) is -0.501. The van der Waals surface area contributed by atoms with Crippen LogP contribution in [0.15, 0.2) is 6.07 Å². The number of carbonyl (C=O) groups is 1. The Morgan fingerprint density at radius 2 is 2.00 bits per heavy atom. The van der Waals surface area contributed by atoms with Crippen molar-refractivity contribution < 1.29 is 19.4 Å². The molecule has 0 aliphatic rings. The summed E-state index contributed by atoms with van der Waals surface area (Å²) < 4.78 is 10.6. The van der Waals surface area contributed by atoms with E-state index in [0.29, 0.717) is 19.6 Å². The molecule has 0 amide bonds. The Morgan fingerprint density at radius 1 is 1.35 bits per heavy atom. The van der Waals surface area contributed by atoms with Crippen LogP contribution < -0.4 is 0 Å². The highest BCUT2D eigenvalue weighted by atomic mass is 16.5. The highest BCUT2D eigenvalue weighted by Crippen LogP contribution is 2.28. The lowest BCUT2D eigenvalue weighted by atomic mass is 9.94. The molecule has 0 radical (unpaired) electrons. The van der Waals surface area contributed by atoms with Crippen LogP contribution in [0.25, 0.3) is 0 Å². The first kappa shape index (κ1) is 16.5. The molecule has 0 unspecified atom stereocenters. The fraction of sp³-hybridized carbons (Fsp3) is 0.562. The third-order valence-corrected chi connectivity index (χ3v) is 3.16. The summed E-state index contributed by atoms with van der Waals surface area (Å²) in [4.78, 5) is 12.1. The van der Waals surface area contributed by atoms with Crippen LogP contribution in [0.2, 0.25) is 0 Å². The van der Waals surface area contributed by atoms with Gasteiger partial charge in [0.25, 0.3) is 0 Å². The molecule has 0 heterocycles. The summed E-state index contributed by atoms with van der Waals surface area (Å²) in [6.45, 7) is 10.5. The summed E-state index contributed by atoms with van der Waals surface area (Å²) in [5.41, 5.74) is 3.02. The van der Waals surface area contributed by atoms with E-state index in [0.717, 1.165) is 16.7 Å². The van der Waals surface area contributed by atoms with Crippen LogP contribution in [0.4, 0.5) is 0 Å². The monoisotopic (exact) mass is 280 g/mol. The number of hydrogen-bond donors (Lipinski definition) is 1. The van der Waals surface area contributed by atoms with Crippen LogP contribution in [0.3, 0.4) is 0 Å². The Balaban J connectivity index is 3.11. The zero-order valence-electron chi connectivity index (χ0n) is 12.9. The van der Waals surface area contributed by atoms with E-state index in [1.807, 2.05) is 20.8 Å². The van der Waals surface area contributed by atoms with E-state index >= 15 is 0 Å². The molecule has 4 nitrogen and oxygen atoms in total. The minimum Gasteiger partial charge on any atom is -0.507 e. The van der Waals surface area contributed by atoms with E-state index in [4.69, 9.17) is 9.47 Å². The number of aromatic hydroxyl groups is 1. The molecular weight excluding hydrogens is 256 g/mol. The van der Waals surface area contributed by atoms with Crippen LogP contribution >= 0.6 is 0 Å². The fourth-order valence-electron chi connectivity index (χ4n) is 2.24. The largest absolute Gasteiger partial charge is 0.507 e. The number of hydrogen-bond acceptors (Lipinski definition) is 4. The third-order valence-electron chi connectivity index (χ3n) is 3.16. The smallest absolute Gasteiger partial charge is 0.342 e. The van der Waals surface area contributed by atoms with Crippen molar-refractivity contribution in [2.75, 3.05) is 13.2 Å². The second-order valence-corrected chi connectivity index (χ2v) is 5.09. The van der Waals surface area contributed by atoms with Crippen LogP contribution in [0.1, 0.15) is 47.8 Å². The van der Waals surface area contributed by atoms with Gasteiger partial charge in [-0.15, -0.1) is 0 Å². The van der Waals surface area contributed by atoms with Crippen molar-refractivity contribution >= 4 is 5.97 Å². The van der Waals surface area contributed by atoms with Crippen molar-refractivity contribution in [3.63, 3.8) is 0 Å². The van der Waals surface area contributed by atoms with Gasteiger partial charge in [-0.1, -0.05) is 0 Å². The molecule has 1 N–H and O–H groups in total. The quantitative estimate of drug-likeness (QED) is 0.642. The molecule has 0 atom stereocenters. The molecule has 1 rings (SSSR count). The van der Waals surface area contributed by atoms with E-state index in [1.54, 1.807) is 19.9 Å². The van der Waals surface area contributed by atoms with Crippen LogP contribution in [-0.4, -0.2) is 30.4 Å². The normalized spacial score (nSPS) is 10.9. The lowest BCUT2D eigenvalue weighted by Crippen LogP contribution is -2.15. The van der Waals surface area contributed by atoms with Gasteiger partial charge in [-0.2, -0.15) is 0 Å². The van der Waals surface area contributed by atoms with Gasteiger partial charge < -0.3 is 14.6 Å². The average molecular weight is 280 g/mol. The summed E-state index contributed by atoms with van der Waals surface area (Å²) in [6, 6.07) is 1.62. The first-order valence-electron chi connectivity index (χ1n) is 6.99. The minimum atomic E-state index is -0.479. The molecule has 0 aliphatic carbocycles. The van der Waals surface area contributed by atoms with E-state index < -0.39 is 5.97 Å². The lowest BCUT2D eigenvalue weighted by Gasteiger charge is -2.16. The second kappa shape index (κ2) is 7.29. The van der Waals surface area contributed by atoms with E-state index in [1.165, 1.54) is 0 Å². The van der Waals surface area contributed by atoms with Gasteiger partial charge in [0.05, 0.1) is 12.7 Å². The SMILES string of the molecule is CCOCCc1c(C)cc(O)c(C(=O)OC(C)C)c1C. The number of carbonyl (C=O) groups excluding carboxylic acids is 1. The highest BCUT2D eigenvalue weighted by Gasteiger charge is 2.20. The summed E-state index contributed by atoms with van der Waals surface area (Å²) in [7, 11) is 0. The van der Waals surface area contributed by atoms with Gasteiger partial charge in [0.2, 0.25) is 0 Å². The number of aryl methyl sites for hydroxylation is 1. The number of ether oxygens (including phenoxy) is 2. The number of rotatable bonds is 6. The first-order valence-corrected chi connectivity index (χ1v) is 6.99. The van der Waals surface area contributed by atoms with Gasteiger partial charge in [-0.25, -0.2) is 4.79 Å². The van der Waals surface area contributed by atoms with Crippen molar-refractivity contribution in [2.24, 2.45) is 0 Å². The third kappa shape index (κ3) is 3.97. The zero-order valence-corrected chi connectivity index (χ0v) is 12.9. The van der Waals surface area contributed by atoms with Crippen molar-refractivity contribution in [1.82, 2.24) is 0 Å². The molecule has 0 saturated heterocycles. The first-order chi connectivity index (χ1) is 9.38. The number of benzene rings is 1. The molecule has 1 aromatic rings. The van der Waals surface area contributed by atoms with Crippen molar-refractivity contribution in [3.05, 3.63) is 28.3 Å². The van der Waals surface area contributed by atoms with Crippen molar-refractivity contribution in [1.29, 1.82) is 0 Å². The van der Waals surface area contributed by atoms with E-state index in [9.17, 15) is 9.90 Å². The molecule has 0 saturated carbocycles. The predicted molar refractivity (Wildman–Crippen MR) is 78.3 cm³/mol. The molecule has 20 heavy (non-hydrogen) atoms. The summed E-state index contributed by atoms with van der Waals surface area (Å²) >= 11 is 0. The summed E-state index contributed by atoms with van der Waals surface area (Å²) in [6.07, 6.45) is 0.503. The Hall–Kier alpha value is -1.55. The Morgan fingerprint density at radius 3 is 2.55 bits per heavy atom. The fourth-order valence-corrected chi connectivity index (χ4v) is 2.24. The van der Waals surface area contributed by atoms with E-state index in [-0.39, 0.29) is 17.4 Å². The Kier molecular flexibility index (Phi) is 6.02. The van der Waals surface area contributed by atoms with Crippen molar-refractivity contribution in [2.45, 2.75) is 47.1 Å². The molecule has 0 bridgehead atoms. The van der Waals surface area contributed by atoms with Gasteiger partial charge in [0.15, 0.2) is 0 Å². The van der Waals surface area contributed by atoms with Gasteiger partial charge in [-0.3, -0.25) is 0 Å². The Bertz CT molecular complexity index is 478. The van der Waals surface area contributed by atoms with Gasteiger partial charge in [0.1, 0.15) is 11.3 Å². The molecule has 0 aromatic heterocycles. The topological polar surface area (TPSA) is 55.8 Å². The van der Waals surface area contributed by atoms with Crippen LogP contribution in [0.5, 0.6) is 5.75 Å². The Labute approximate surface area is 120 Å². The molecule has 0 fully saturated rings. The van der Waals surface area contributed by atoms with Gasteiger partial charge in [-0.05, 0) is 63.8 Å². The average Bonchev–Trinajstić information content (AvgIpc) is 2.32. The molecule has 1 aromatic carbocycles. The highest BCUT2D eigenvalue weighted by molar-refractivity contribution is 5.94. The van der Waals surface area contributed by atoms with E-state index in [2.05, 4.69) is 0 Å². The number of esters is 1. The number of phenols is 1. The minimum absolute atomic E-state index is 0.0224. The van der Waals surface area contributed by atoms with Gasteiger partial charge >= 0.3 is 5.97 Å². The number of phenolic OH excluding ortho intramolecular Hbond substituents is 1. The molecule has 0 aliphatic heterocycles. The lowest BCUT2D eigenvalue weighted by molar-refractivity contribution is 0.0373. The zero-order chi connectivity index (χ0) is 15.3. The molecule has 112 valence electrons. The molecule has 4 heteroatoms. The predicted octanol–water partition coefficient (Wildman–Crippen LogP) is 3.15. The maximum atomic E-state index is 12.1. The standard InChI is InChI=1S/C16H24O4/c1-6-19-8-7-13-11(4)9-14(17)15(12(13)5)16(18)20-10(2)3/h9-10,17H,6-8H2,1-5H3. The summed E-state index contributed by atoms with van der Waals surface area (Å²) in [5, 5.41) is 10.0. The maximum Gasteiger partial charge on any atom is 0.342 e. The van der Waals surface area contributed by atoms with Gasteiger partial charge in [0, 0.05) is 6.61 Å². The van der Waals surface area contributed by atoms with Crippen LogP contribution in [0, 0.1) is 13.8 Å².